The first kappa shape index (κ1) is 11.0. The van der Waals surface area contributed by atoms with Crippen LogP contribution in [0, 0.1) is 0 Å². The van der Waals surface area contributed by atoms with Crippen molar-refractivity contribution in [2.24, 2.45) is 0 Å². The van der Waals surface area contributed by atoms with E-state index in [-0.39, 0.29) is 12.7 Å². The molecule has 14 heavy (non-hydrogen) atoms. The highest BCUT2D eigenvalue weighted by atomic mass is 16.5. The van der Waals surface area contributed by atoms with Gasteiger partial charge in [-0.1, -0.05) is 36.4 Å². The van der Waals surface area contributed by atoms with Crippen molar-refractivity contribution in [3.63, 3.8) is 0 Å². The number of benzene rings is 1. The predicted octanol–water partition coefficient (Wildman–Crippen LogP) is 2.14. The van der Waals surface area contributed by atoms with Crippen molar-refractivity contribution in [1.82, 2.24) is 0 Å². The molecule has 0 bridgehead atoms. The Morgan fingerprint density at radius 2 is 2.07 bits per heavy atom. The average Bonchev–Trinajstić information content (AvgIpc) is 2.25. The Bertz CT molecular complexity index is 256. The van der Waals surface area contributed by atoms with Crippen molar-refractivity contribution in [3.05, 3.63) is 48.6 Å². The van der Waals surface area contributed by atoms with Crippen LogP contribution in [-0.2, 0) is 11.3 Å². The number of rotatable bonds is 6. The van der Waals surface area contributed by atoms with Gasteiger partial charge in [-0.2, -0.15) is 0 Å². The van der Waals surface area contributed by atoms with Crippen LogP contribution in [0.15, 0.2) is 43.0 Å². The lowest BCUT2D eigenvalue weighted by Crippen LogP contribution is -2.11. The number of aliphatic hydroxyl groups excluding tert-OH is 1. The summed E-state index contributed by atoms with van der Waals surface area (Å²) in [4.78, 5) is 0. The van der Waals surface area contributed by atoms with Crippen LogP contribution in [0.3, 0.4) is 0 Å². The molecule has 0 aliphatic carbocycles. The zero-order chi connectivity index (χ0) is 10.2. The first-order chi connectivity index (χ1) is 6.86. The standard InChI is InChI=1S/C12H16O2/c1-2-12(8-9-13)14-10-11-6-4-3-5-7-11/h2-7,12-13H,1,8-10H2. The summed E-state index contributed by atoms with van der Waals surface area (Å²) in [6.07, 6.45) is 2.27. The minimum atomic E-state index is -0.0554. The average molecular weight is 192 g/mol. The van der Waals surface area contributed by atoms with E-state index in [4.69, 9.17) is 9.84 Å². The third-order valence-corrected chi connectivity index (χ3v) is 1.98. The maximum Gasteiger partial charge on any atom is 0.0779 e. The van der Waals surface area contributed by atoms with Crippen LogP contribution in [0.5, 0.6) is 0 Å². The van der Waals surface area contributed by atoms with E-state index < -0.39 is 0 Å². The van der Waals surface area contributed by atoms with Gasteiger partial charge in [0.15, 0.2) is 0 Å². The molecule has 2 heteroatoms. The van der Waals surface area contributed by atoms with E-state index in [9.17, 15) is 0 Å². The third kappa shape index (κ3) is 3.73. The summed E-state index contributed by atoms with van der Waals surface area (Å²) in [6, 6.07) is 9.96. The first-order valence-electron chi connectivity index (χ1n) is 4.75. The van der Waals surface area contributed by atoms with E-state index in [1.54, 1.807) is 6.08 Å². The second-order valence-electron chi connectivity index (χ2n) is 3.08. The van der Waals surface area contributed by atoms with Crippen LogP contribution >= 0.6 is 0 Å². The third-order valence-electron chi connectivity index (χ3n) is 1.98. The summed E-state index contributed by atoms with van der Waals surface area (Å²) in [5.41, 5.74) is 1.14. The zero-order valence-corrected chi connectivity index (χ0v) is 8.23. The molecule has 0 heterocycles. The molecule has 1 atom stereocenters. The van der Waals surface area contributed by atoms with Crippen molar-refractivity contribution in [2.45, 2.75) is 19.1 Å². The van der Waals surface area contributed by atoms with E-state index in [1.807, 2.05) is 30.3 Å². The molecule has 1 rings (SSSR count). The van der Waals surface area contributed by atoms with Crippen LogP contribution in [0.1, 0.15) is 12.0 Å². The van der Waals surface area contributed by atoms with Crippen LogP contribution in [0.25, 0.3) is 0 Å². The molecule has 1 unspecified atom stereocenters. The number of hydrogen-bond acceptors (Lipinski definition) is 2. The van der Waals surface area contributed by atoms with Gasteiger partial charge in [0, 0.05) is 13.0 Å². The maximum absolute atomic E-state index is 8.74. The minimum absolute atomic E-state index is 0.0554. The fourth-order valence-electron chi connectivity index (χ4n) is 1.17. The van der Waals surface area contributed by atoms with Crippen molar-refractivity contribution in [3.8, 4) is 0 Å². The lowest BCUT2D eigenvalue weighted by atomic mass is 10.2. The highest BCUT2D eigenvalue weighted by molar-refractivity contribution is 5.13. The highest BCUT2D eigenvalue weighted by Crippen LogP contribution is 2.06. The molecule has 0 radical (unpaired) electrons. The van der Waals surface area contributed by atoms with E-state index >= 15 is 0 Å². The Hall–Kier alpha value is -1.12. The topological polar surface area (TPSA) is 29.5 Å². The van der Waals surface area contributed by atoms with Crippen molar-refractivity contribution in [2.75, 3.05) is 6.61 Å². The van der Waals surface area contributed by atoms with Crippen molar-refractivity contribution >= 4 is 0 Å². The quantitative estimate of drug-likeness (QED) is 0.700. The fourth-order valence-corrected chi connectivity index (χ4v) is 1.17. The smallest absolute Gasteiger partial charge is 0.0779 e. The molecule has 0 aliphatic heterocycles. The lowest BCUT2D eigenvalue weighted by Gasteiger charge is -2.12. The molecular weight excluding hydrogens is 176 g/mol. The summed E-state index contributed by atoms with van der Waals surface area (Å²) in [7, 11) is 0. The van der Waals surface area contributed by atoms with Gasteiger partial charge in [-0.05, 0) is 5.56 Å². The molecule has 0 amide bonds. The highest BCUT2D eigenvalue weighted by Gasteiger charge is 2.02. The molecule has 0 saturated carbocycles. The molecular formula is C12H16O2. The number of aliphatic hydroxyl groups is 1. The lowest BCUT2D eigenvalue weighted by molar-refractivity contribution is 0.0546. The Balaban J connectivity index is 2.35. The Morgan fingerprint density at radius 3 is 2.64 bits per heavy atom. The molecule has 0 aromatic heterocycles. The molecule has 0 spiro atoms. The largest absolute Gasteiger partial charge is 0.396 e. The van der Waals surface area contributed by atoms with Crippen LogP contribution in [-0.4, -0.2) is 17.8 Å². The summed E-state index contributed by atoms with van der Waals surface area (Å²) in [6.45, 7) is 4.35. The van der Waals surface area contributed by atoms with Gasteiger partial charge in [-0.3, -0.25) is 0 Å². The first-order valence-corrected chi connectivity index (χ1v) is 4.75. The van der Waals surface area contributed by atoms with Gasteiger partial charge in [0.2, 0.25) is 0 Å². The van der Waals surface area contributed by atoms with Gasteiger partial charge >= 0.3 is 0 Å². The van der Waals surface area contributed by atoms with E-state index in [1.165, 1.54) is 0 Å². The van der Waals surface area contributed by atoms with Crippen LogP contribution < -0.4 is 0 Å². The molecule has 2 nitrogen and oxygen atoms in total. The predicted molar refractivity (Wildman–Crippen MR) is 56.9 cm³/mol. The van der Waals surface area contributed by atoms with Crippen molar-refractivity contribution < 1.29 is 9.84 Å². The maximum atomic E-state index is 8.74. The van der Waals surface area contributed by atoms with Gasteiger partial charge in [0.1, 0.15) is 0 Å². The summed E-state index contributed by atoms with van der Waals surface area (Å²) in [5.74, 6) is 0. The summed E-state index contributed by atoms with van der Waals surface area (Å²) in [5, 5.41) is 8.74. The Kier molecular flexibility index (Phi) is 4.97. The van der Waals surface area contributed by atoms with Crippen LogP contribution in [0.4, 0.5) is 0 Å². The molecule has 76 valence electrons. The van der Waals surface area contributed by atoms with Gasteiger partial charge in [-0.15, -0.1) is 6.58 Å². The molecule has 1 aromatic carbocycles. The fraction of sp³-hybridized carbons (Fsp3) is 0.333. The van der Waals surface area contributed by atoms with Gasteiger partial charge in [0.05, 0.1) is 12.7 Å². The van der Waals surface area contributed by atoms with E-state index in [0.29, 0.717) is 13.0 Å². The van der Waals surface area contributed by atoms with E-state index in [0.717, 1.165) is 5.56 Å². The summed E-state index contributed by atoms with van der Waals surface area (Å²) >= 11 is 0. The number of hydrogen-bond donors (Lipinski definition) is 1. The Morgan fingerprint density at radius 1 is 1.36 bits per heavy atom. The van der Waals surface area contributed by atoms with Gasteiger partial charge in [-0.25, -0.2) is 0 Å². The molecule has 0 aliphatic rings. The molecule has 1 aromatic rings. The second-order valence-corrected chi connectivity index (χ2v) is 3.08. The molecule has 1 N–H and O–H groups in total. The zero-order valence-electron chi connectivity index (χ0n) is 8.23. The van der Waals surface area contributed by atoms with E-state index in [2.05, 4.69) is 6.58 Å². The SMILES string of the molecule is C=CC(CCO)OCc1ccccc1. The van der Waals surface area contributed by atoms with Gasteiger partial charge in [0.25, 0.3) is 0 Å². The normalized spacial score (nSPS) is 12.4. The minimum Gasteiger partial charge on any atom is -0.396 e. The van der Waals surface area contributed by atoms with Gasteiger partial charge < -0.3 is 9.84 Å². The Labute approximate surface area is 84.8 Å². The van der Waals surface area contributed by atoms with Crippen molar-refractivity contribution in [1.29, 1.82) is 0 Å². The molecule has 0 fully saturated rings. The summed E-state index contributed by atoms with van der Waals surface area (Å²) < 4.78 is 5.54. The second kappa shape index (κ2) is 6.35. The number of ether oxygens (including phenoxy) is 1. The molecule has 0 saturated heterocycles. The monoisotopic (exact) mass is 192 g/mol. The van der Waals surface area contributed by atoms with Crippen LogP contribution in [0.2, 0.25) is 0 Å².